The molecule has 4 heteroatoms. The van der Waals surface area contributed by atoms with Gasteiger partial charge >= 0.3 is 0 Å². The molecule has 0 aromatic rings. The summed E-state index contributed by atoms with van der Waals surface area (Å²) in [5.74, 6) is -0.199. The number of Topliss-reactive ketones (excluding diaryl/α,β-unsaturated/α-hetero) is 1. The first-order valence-electron chi connectivity index (χ1n) is 2.93. The third-order valence-corrected chi connectivity index (χ3v) is 4.04. The number of hydrogen-bond donors (Lipinski definition) is 2. The van der Waals surface area contributed by atoms with Crippen molar-refractivity contribution in [2.75, 3.05) is 6.26 Å². The molecule has 0 aliphatic rings. The van der Waals surface area contributed by atoms with Crippen molar-refractivity contribution in [3.63, 3.8) is 0 Å². The monoisotopic (exact) mass is 166 g/mol. The molecule has 0 heterocycles. The highest BCUT2D eigenvalue weighted by atomic mass is 32.3. The van der Waals surface area contributed by atoms with E-state index >= 15 is 0 Å². The maximum absolute atomic E-state index is 10.8. The van der Waals surface area contributed by atoms with Gasteiger partial charge in [-0.3, -0.25) is 13.9 Å². The summed E-state index contributed by atoms with van der Waals surface area (Å²) in [6.45, 7) is 4.42. The molecule has 0 aromatic carbocycles. The Morgan fingerprint density at radius 2 is 1.70 bits per heavy atom. The summed E-state index contributed by atoms with van der Waals surface area (Å²) in [6.07, 6.45) is 1.29. The van der Waals surface area contributed by atoms with Crippen LogP contribution in [-0.4, -0.2) is 25.9 Å². The van der Waals surface area contributed by atoms with Crippen LogP contribution in [0.25, 0.3) is 0 Å². The van der Waals surface area contributed by atoms with Crippen LogP contribution >= 0.6 is 10.6 Å². The molecule has 62 valence electrons. The van der Waals surface area contributed by atoms with Crippen LogP contribution in [0, 0.1) is 0 Å². The Hall–Kier alpha value is -0.0600. The summed E-state index contributed by atoms with van der Waals surface area (Å²) in [6, 6.07) is 0. The SMILES string of the molecule is CC(=O)C(C)(C)S(C)(O)O. The van der Waals surface area contributed by atoms with Gasteiger partial charge in [0.05, 0.1) is 0 Å². The van der Waals surface area contributed by atoms with Gasteiger partial charge in [-0.05, 0) is 20.8 Å². The highest BCUT2D eigenvalue weighted by Crippen LogP contribution is 2.48. The maximum atomic E-state index is 10.8. The molecule has 0 aromatic heterocycles. The number of ketones is 1. The van der Waals surface area contributed by atoms with Crippen molar-refractivity contribution in [1.82, 2.24) is 0 Å². The van der Waals surface area contributed by atoms with Crippen molar-refractivity contribution in [2.24, 2.45) is 0 Å². The molecule has 0 bridgehead atoms. The number of carbonyl (C=O) groups excluding carboxylic acids is 1. The molecule has 0 unspecified atom stereocenters. The van der Waals surface area contributed by atoms with Crippen LogP contribution < -0.4 is 0 Å². The van der Waals surface area contributed by atoms with E-state index < -0.39 is 15.3 Å². The topological polar surface area (TPSA) is 57.5 Å². The van der Waals surface area contributed by atoms with Crippen molar-refractivity contribution >= 4 is 16.4 Å². The van der Waals surface area contributed by atoms with E-state index in [1.54, 1.807) is 0 Å². The van der Waals surface area contributed by atoms with Gasteiger partial charge in [0.1, 0.15) is 4.75 Å². The zero-order valence-electron chi connectivity index (χ0n) is 6.71. The summed E-state index contributed by atoms with van der Waals surface area (Å²) in [5, 5.41) is 0. The summed E-state index contributed by atoms with van der Waals surface area (Å²) >= 11 is 0. The number of carbonyl (C=O) groups is 1. The van der Waals surface area contributed by atoms with Crippen LogP contribution in [0.3, 0.4) is 0 Å². The largest absolute Gasteiger partial charge is 0.299 e. The molecule has 0 atom stereocenters. The second kappa shape index (κ2) is 2.53. The molecule has 0 radical (unpaired) electrons. The molecule has 0 amide bonds. The Kier molecular flexibility index (Phi) is 2.51. The Morgan fingerprint density at radius 1 is 1.40 bits per heavy atom. The highest BCUT2D eigenvalue weighted by molar-refractivity contribution is 8.25. The van der Waals surface area contributed by atoms with Gasteiger partial charge in [-0.2, -0.15) is 10.6 Å². The Bertz CT molecular complexity index is 146. The van der Waals surface area contributed by atoms with Crippen molar-refractivity contribution in [3.05, 3.63) is 0 Å². The average Bonchev–Trinajstić information content (AvgIpc) is 1.62. The van der Waals surface area contributed by atoms with Crippen LogP contribution in [0.1, 0.15) is 20.8 Å². The fraction of sp³-hybridized carbons (Fsp3) is 0.833. The van der Waals surface area contributed by atoms with E-state index in [2.05, 4.69) is 0 Å². The van der Waals surface area contributed by atoms with Crippen molar-refractivity contribution < 1.29 is 13.9 Å². The van der Waals surface area contributed by atoms with E-state index in [-0.39, 0.29) is 5.78 Å². The van der Waals surface area contributed by atoms with Gasteiger partial charge in [-0.15, -0.1) is 0 Å². The van der Waals surface area contributed by atoms with Crippen molar-refractivity contribution in [1.29, 1.82) is 0 Å². The Labute approximate surface area is 62.8 Å². The van der Waals surface area contributed by atoms with Gasteiger partial charge in [0.15, 0.2) is 5.78 Å². The van der Waals surface area contributed by atoms with Crippen LogP contribution in [0.15, 0.2) is 0 Å². The fourth-order valence-electron chi connectivity index (χ4n) is 0.272. The minimum Gasteiger partial charge on any atom is -0.299 e. The summed E-state index contributed by atoms with van der Waals surface area (Å²) in [5.41, 5.74) is 0. The Morgan fingerprint density at radius 3 is 1.70 bits per heavy atom. The smallest absolute Gasteiger partial charge is 0.154 e. The van der Waals surface area contributed by atoms with Crippen LogP contribution in [-0.2, 0) is 4.79 Å². The van der Waals surface area contributed by atoms with E-state index in [0.29, 0.717) is 0 Å². The molecule has 0 saturated heterocycles. The zero-order chi connectivity index (χ0) is 8.58. The lowest BCUT2D eigenvalue weighted by Gasteiger charge is -2.41. The van der Waals surface area contributed by atoms with Gasteiger partial charge in [0, 0.05) is 6.26 Å². The fourth-order valence-corrected chi connectivity index (χ4v) is 0.817. The van der Waals surface area contributed by atoms with E-state index in [0.717, 1.165) is 0 Å². The van der Waals surface area contributed by atoms with E-state index in [1.165, 1.54) is 27.0 Å². The second-order valence-electron chi connectivity index (χ2n) is 2.90. The third-order valence-electron chi connectivity index (χ3n) is 1.81. The van der Waals surface area contributed by atoms with E-state index in [1.807, 2.05) is 0 Å². The Balaban J connectivity index is 4.57. The number of hydrogen-bond acceptors (Lipinski definition) is 3. The molecule has 0 saturated carbocycles. The van der Waals surface area contributed by atoms with Gasteiger partial charge in [0.2, 0.25) is 0 Å². The first kappa shape index (κ1) is 9.94. The molecule has 2 N–H and O–H groups in total. The standard InChI is InChI=1S/C6H14O3S/c1-5(7)6(2,3)10(4,8)9/h8-9H,1-4H3. The van der Waals surface area contributed by atoms with Crippen LogP contribution in [0.4, 0.5) is 0 Å². The molecular formula is C6H14O3S. The lowest BCUT2D eigenvalue weighted by atomic mass is 10.1. The van der Waals surface area contributed by atoms with Gasteiger partial charge in [0.25, 0.3) is 0 Å². The van der Waals surface area contributed by atoms with Gasteiger partial charge in [-0.1, -0.05) is 0 Å². The van der Waals surface area contributed by atoms with Crippen molar-refractivity contribution in [3.8, 4) is 0 Å². The second-order valence-corrected chi connectivity index (χ2v) is 5.59. The van der Waals surface area contributed by atoms with Crippen LogP contribution in [0.2, 0.25) is 0 Å². The van der Waals surface area contributed by atoms with Crippen molar-refractivity contribution in [2.45, 2.75) is 25.5 Å². The quantitative estimate of drug-likeness (QED) is 0.657. The molecule has 0 spiro atoms. The molecule has 0 aliphatic carbocycles. The zero-order valence-corrected chi connectivity index (χ0v) is 7.53. The summed E-state index contributed by atoms with van der Waals surface area (Å²) in [7, 11) is -2.75. The predicted molar refractivity (Wildman–Crippen MR) is 43.5 cm³/mol. The maximum Gasteiger partial charge on any atom is 0.154 e. The molecule has 0 rings (SSSR count). The minimum atomic E-state index is -2.75. The van der Waals surface area contributed by atoms with E-state index in [9.17, 15) is 4.79 Å². The highest BCUT2D eigenvalue weighted by Gasteiger charge is 2.34. The third kappa shape index (κ3) is 1.71. The summed E-state index contributed by atoms with van der Waals surface area (Å²) in [4.78, 5) is 10.8. The molecule has 10 heavy (non-hydrogen) atoms. The minimum absolute atomic E-state index is 0.199. The molecule has 0 fully saturated rings. The first-order valence-corrected chi connectivity index (χ1v) is 4.89. The molecule has 3 nitrogen and oxygen atoms in total. The molecular weight excluding hydrogens is 152 g/mol. The molecule has 0 aliphatic heterocycles. The summed E-state index contributed by atoms with van der Waals surface area (Å²) < 4.78 is 17.3. The predicted octanol–water partition coefficient (Wildman–Crippen LogP) is 1.73. The van der Waals surface area contributed by atoms with E-state index in [4.69, 9.17) is 9.11 Å². The average molecular weight is 166 g/mol. The van der Waals surface area contributed by atoms with Crippen LogP contribution in [0.5, 0.6) is 0 Å². The van der Waals surface area contributed by atoms with Gasteiger partial charge in [-0.25, -0.2) is 0 Å². The lowest BCUT2D eigenvalue weighted by molar-refractivity contribution is -0.118. The lowest BCUT2D eigenvalue weighted by Crippen LogP contribution is -2.34. The first-order chi connectivity index (χ1) is 4.19. The van der Waals surface area contributed by atoms with Gasteiger partial charge < -0.3 is 0 Å². The number of rotatable bonds is 2. The normalized spacial score (nSPS) is 15.0.